The SMILES string of the molecule is Cc1nnc(COC(=O)c2cccc(N)c2Br)n1C. The van der Waals surface area contributed by atoms with Crippen LogP contribution in [0.2, 0.25) is 0 Å². The minimum absolute atomic E-state index is 0.0669. The topological polar surface area (TPSA) is 83.0 Å². The number of nitrogens with two attached hydrogens (primary N) is 1. The summed E-state index contributed by atoms with van der Waals surface area (Å²) < 4.78 is 7.50. The Morgan fingerprint density at radius 1 is 1.47 bits per heavy atom. The van der Waals surface area contributed by atoms with E-state index in [1.54, 1.807) is 22.8 Å². The van der Waals surface area contributed by atoms with Crippen molar-refractivity contribution >= 4 is 27.6 Å². The van der Waals surface area contributed by atoms with E-state index in [1.165, 1.54) is 0 Å². The number of aromatic nitrogens is 3. The molecule has 1 aromatic carbocycles. The Bertz CT molecular complexity index is 624. The summed E-state index contributed by atoms with van der Waals surface area (Å²) in [4.78, 5) is 11.9. The van der Waals surface area contributed by atoms with E-state index in [4.69, 9.17) is 10.5 Å². The van der Waals surface area contributed by atoms with Crippen LogP contribution in [0.15, 0.2) is 22.7 Å². The van der Waals surface area contributed by atoms with Gasteiger partial charge in [-0.25, -0.2) is 4.79 Å². The van der Waals surface area contributed by atoms with Gasteiger partial charge in [0.05, 0.1) is 10.0 Å². The van der Waals surface area contributed by atoms with Gasteiger partial charge in [-0.3, -0.25) is 0 Å². The lowest BCUT2D eigenvalue weighted by molar-refractivity contribution is 0.0457. The van der Waals surface area contributed by atoms with E-state index in [-0.39, 0.29) is 6.61 Å². The first-order valence-corrected chi connectivity index (χ1v) is 6.36. The van der Waals surface area contributed by atoms with Crippen molar-refractivity contribution < 1.29 is 9.53 Å². The second-order valence-electron chi connectivity index (χ2n) is 4.01. The number of aryl methyl sites for hydroxylation is 1. The van der Waals surface area contributed by atoms with Crippen molar-refractivity contribution in [3.63, 3.8) is 0 Å². The van der Waals surface area contributed by atoms with Crippen LogP contribution in [0, 0.1) is 6.92 Å². The van der Waals surface area contributed by atoms with Gasteiger partial charge in [0, 0.05) is 12.7 Å². The fourth-order valence-electron chi connectivity index (χ4n) is 1.49. The molecule has 0 amide bonds. The van der Waals surface area contributed by atoms with Gasteiger partial charge in [-0.15, -0.1) is 10.2 Å². The largest absolute Gasteiger partial charge is 0.454 e. The third-order valence-corrected chi connectivity index (χ3v) is 3.65. The summed E-state index contributed by atoms with van der Waals surface area (Å²) in [6.45, 7) is 1.89. The molecule has 2 rings (SSSR count). The molecule has 0 saturated carbocycles. The number of anilines is 1. The number of halogens is 1. The highest BCUT2D eigenvalue weighted by molar-refractivity contribution is 9.10. The number of hydrogen-bond acceptors (Lipinski definition) is 5. The normalized spacial score (nSPS) is 10.5. The van der Waals surface area contributed by atoms with Gasteiger partial charge in [0.25, 0.3) is 0 Å². The van der Waals surface area contributed by atoms with Crippen LogP contribution in [0.4, 0.5) is 5.69 Å². The zero-order chi connectivity index (χ0) is 14.0. The Morgan fingerprint density at radius 3 is 2.84 bits per heavy atom. The summed E-state index contributed by atoms with van der Waals surface area (Å²) in [5.74, 6) is 0.891. The first-order chi connectivity index (χ1) is 9.00. The van der Waals surface area contributed by atoms with Gasteiger partial charge >= 0.3 is 5.97 Å². The quantitative estimate of drug-likeness (QED) is 0.687. The Balaban J connectivity index is 2.10. The molecule has 0 unspecified atom stereocenters. The van der Waals surface area contributed by atoms with E-state index in [0.29, 0.717) is 21.5 Å². The maximum absolute atomic E-state index is 11.9. The molecule has 0 aliphatic heterocycles. The molecule has 6 nitrogen and oxygen atoms in total. The maximum Gasteiger partial charge on any atom is 0.339 e. The van der Waals surface area contributed by atoms with Crippen LogP contribution >= 0.6 is 15.9 Å². The van der Waals surface area contributed by atoms with Crippen LogP contribution in [-0.2, 0) is 18.4 Å². The third kappa shape index (κ3) is 2.76. The van der Waals surface area contributed by atoms with Gasteiger partial charge in [-0.1, -0.05) is 6.07 Å². The Labute approximate surface area is 118 Å². The number of ether oxygens (including phenoxy) is 1. The van der Waals surface area contributed by atoms with Crippen LogP contribution in [0.5, 0.6) is 0 Å². The van der Waals surface area contributed by atoms with Crippen molar-refractivity contribution in [2.24, 2.45) is 7.05 Å². The standard InChI is InChI=1S/C12H13BrN4O2/c1-7-15-16-10(17(7)2)6-19-12(18)8-4-3-5-9(14)11(8)13/h3-5H,6,14H2,1-2H3. The lowest BCUT2D eigenvalue weighted by atomic mass is 10.2. The van der Waals surface area contributed by atoms with Crippen LogP contribution in [0.25, 0.3) is 0 Å². The summed E-state index contributed by atoms with van der Waals surface area (Å²) in [6.07, 6.45) is 0. The number of rotatable bonds is 3. The first-order valence-electron chi connectivity index (χ1n) is 5.56. The zero-order valence-corrected chi connectivity index (χ0v) is 12.1. The summed E-state index contributed by atoms with van der Waals surface area (Å²) >= 11 is 3.27. The zero-order valence-electron chi connectivity index (χ0n) is 10.6. The molecule has 7 heteroatoms. The van der Waals surface area contributed by atoms with Gasteiger partial charge < -0.3 is 15.0 Å². The smallest absolute Gasteiger partial charge is 0.339 e. The molecule has 1 heterocycles. The molecule has 0 spiro atoms. The molecule has 1 aromatic heterocycles. The van der Waals surface area contributed by atoms with Crippen LogP contribution in [0.1, 0.15) is 22.0 Å². The van der Waals surface area contributed by atoms with Crippen molar-refractivity contribution in [1.82, 2.24) is 14.8 Å². The summed E-state index contributed by atoms with van der Waals surface area (Å²) in [5.41, 5.74) is 6.59. The lowest BCUT2D eigenvalue weighted by Gasteiger charge is -2.07. The molecule has 0 aliphatic carbocycles. The molecular weight excluding hydrogens is 312 g/mol. The first kappa shape index (κ1) is 13.5. The minimum atomic E-state index is -0.458. The predicted molar refractivity (Wildman–Crippen MR) is 73.4 cm³/mol. The van der Waals surface area contributed by atoms with Crippen LogP contribution in [-0.4, -0.2) is 20.7 Å². The molecule has 19 heavy (non-hydrogen) atoms. The summed E-state index contributed by atoms with van der Waals surface area (Å²) in [7, 11) is 1.81. The Hall–Kier alpha value is -1.89. The van der Waals surface area contributed by atoms with Crippen LogP contribution in [0.3, 0.4) is 0 Å². The summed E-state index contributed by atoms with van der Waals surface area (Å²) in [6, 6.07) is 5.04. The molecule has 0 atom stereocenters. The van der Waals surface area contributed by atoms with Gasteiger partial charge in [0.15, 0.2) is 12.4 Å². The predicted octanol–water partition coefficient (Wildman–Crippen LogP) is 1.83. The van der Waals surface area contributed by atoms with E-state index in [1.807, 2.05) is 14.0 Å². The van der Waals surface area contributed by atoms with Crippen LogP contribution < -0.4 is 5.73 Å². The number of carbonyl (C=O) groups excluding carboxylic acids is 1. The molecule has 100 valence electrons. The molecule has 2 N–H and O–H groups in total. The number of nitrogens with zero attached hydrogens (tertiary/aromatic N) is 3. The second kappa shape index (κ2) is 5.40. The van der Waals surface area contributed by atoms with E-state index in [9.17, 15) is 4.79 Å². The van der Waals surface area contributed by atoms with E-state index >= 15 is 0 Å². The molecule has 0 bridgehead atoms. The highest BCUT2D eigenvalue weighted by Crippen LogP contribution is 2.24. The Kier molecular flexibility index (Phi) is 3.84. The second-order valence-corrected chi connectivity index (χ2v) is 4.80. The monoisotopic (exact) mass is 324 g/mol. The number of benzene rings is 1. The third-order valence-electron chi connectivity index (χ3n) is 2.76. The average Bonchev–Trinajstić information content (AvgIpc) is 2.70. The van der Waals surface area contributed by atoms with Gasteiger partial charge in [-0.05, 0) is 35.0 Å². The fourth-order valence-corrected chi connectivity index (χ4v) is 1.92. The highest BCUT2D eigenvalue weighted by Gasteiger charge is 2.14. The number of esters is 1. The average molecular weight is 325 g/mol. The van der Waals surface area contributed by atoms with Gasteiger partial charge in [-0.2, -0.15) is 0 Å². The molecule has 0 aliphatic rings. The van der Waals surface area contributed by atoms with Crippen molar-refractivity contribution in [3.8, 4) is 0 Å². The van der Waals surface area contributed by atoms with Gasteiger partial charge in [0.2, 0.25) is 0 Å². The fraction of sp³-hybridized carbons (Fsp3) is 0.250. The van der Waals surface area contributed by atoms with Gasteiger partial charge in [0.1, 0.15) is 5.82 Å². The molecule has 0 fully saturated rings. The molecule has 0 radical (unpaired) electrons. The minimum Gasteiger partial charge on any atom is -0.454 e. The Morgan fingerprint density at radius 2 is 2.21 bits per heavy atom. The molecule has 0 saturated heterocycles. The van der Waals surface area contributed by atoms with Crippen molar-refractivity contribution in [2.45, 2.75) is 13.5 Å². The maximum atomic E-state index is 11.9. The summed E-state index contributed by atoms with van der Waals surface area (Å²) in [5, 5.41) is 7.81. The number of hydrogen-bond donors (Lipinski definition) is 1. The van der Waals surface area contributed by atoms with Crippen molar-refractivity contribution in [3.05, 3.63) is 39.9 Å². The lowest BCUT2D eigenvalue weighted by Crippen LogP contribution is -2.10. The van der Waals surface area contributed by atoms with Crippen molar-refractivity contribution in [1.29, 1.82) is 0 Å². The molecular formula is C12H13BrN4O2. The molecule has 2 aromatic rings. The number of nitrogen functional groups attached to an aromatic ring is 1. The highest BCUT2D eigenvalue weighted by atomic mass is 79.9. The van der Waals surface area contributed by atoms with E-state index in [2.05, 4.69) is 26.1 Å². The van der Waals surface area contributed by atoms with E-state index in [0.717, 1.165) is 5.82 Å². The van der Waals surface area contributed by atoms with E-state index < -0.39 is 5.97 Å². The number of carbonyl (C=O) groups is 1. The van der Waals surface area contributed by atoms with Crippen molar-refractivity contribution in [2.75, 3.05) is 5.73 Å².